The van der Waals surface area contributed by atoms with Crippen LogP contribution in [0.25, 0.3) is 0 Å². The largest absolute Gasteiger partial charge is 0.328 e. The van der Waals surface area contributed by atoms with Crippen molar-refractivity contribution in [1.82, 2.24) is 15.2 Å². The van der Waals surface area contributed by atoms with E-state index in [1.807, 2.05) is 6.92 Å². The summed E-state index contributed by atoms with van der Waals surface area (Å²) in [4.78, 5) is 2.38. The predicted molar refractivity (Wildman–Crippen MR) is 56.1 cm³/mol. The zero-order chi connectivity index (χ0) is 10.8. The molecule has 1 fully saturated rings. The highest BCUT2D eigenvalue weighted by Gasteiger charge is 2.24. The second-order valence-corrected chi connectivity index (χ2v) is 4.40. The molecule has 1 aliphatic rings. The molecule has 1 aromatic rings. The Morgan fingerprint density at radius 3 is 2.93 bits per heavy atom. The van der Waals surface area contributed by atoms with E-state index in [1.54, 1.807) is 0 Å². The van der Waals surface area contributed by atoms with Crippen LogP contribution in [0.2, 0.25) is 0 Å². The van der Waals surface area contributed by atoms with Gasteiger partial charge in [0, 0.05) is 25.2 Å². The van der Waals surface area contributed by atoms with Crippen molar-refractivity contribution in [3.8, 4) is 0 Å². The fourth-order valence-electron chi connectivity index (χ4n) is 2.08. The summed E-state index contributed by atoms with van der Waals surface area (Å²) in [6, 6.07) is 0.873. The summed E-state index contributed by atoms with van der Waals surface area (Å²) in [5, 5.41) is 7.69. The van der Waals surface area contributed by atoms with Gasteiger partial charge in [0.2, 0.25) is 0 Å². The van der Waals surface area contributed by atoms with E-state index in [1.165, 1.54) is 0 Å². The molecule has 2 unspecified atom stereocenters. The van der Waals surface area contributed by atoms with E-state index < -0.39 is 0 Å². The number of likely N-dealkylation sites (tertiary alicyclic amines) is 1. The zero-order valence-corrected chi connectivity index (χ0v) is 9.31. The Balaban J connectivity index is 1.98. The lowest BCUT2D eigenvalue weighted by Gasteiger charge is -2.35. The van der Waals surface area contributed by atoms with Crippen molar-refractivity contribution in [2.45, 2.75) is 45.3 Å². The van der Waals surface area contributed by atoms with Gasteiger partial charge in [0.1, 0.15) is 11.4 Å². The number of hydrogen-bond donors (Lipinski definition) is 1. The van der Waals surface area contributed by atoms with E-state index in [0.717, 1.165) is 37.3 Å². The Labute approximate surface area is 89.6 Å². The van der Waals surface area contributed by atoms with Crippen LogP contribution in [0.3, 0.4) is 0 Å². The number of piperidine rings is 1. The van der Waals surface area contributed by atoms with Crippen molar-refractivity contribution < 1.29 is 4.63 Å². The van der Waals surface area contributed by atoms with Gasteiger partial charge in [-0.1, -0.05) is 10.3 Å². The van der Waals surface area contributed by atoms with Crippen molar-refractivity contribution in [3.63, 3.8) is 0 Å². The van der Waals surface area contributed by atoms with Gasteiger partial charge in [0.25, 0.3) is 0 Å². The number of rotatable bonds is 2. The monoisotopic (exact) mass is 210 g/mol. The summed E-state index contributed by atoms with van der Waals surface area (Å²) >= 11 is 0. The highest BCUT2D eigenvalue weighted by Crippen LogP contribution is 2.18. The standard InChI is InChI=1S/C10H18N4O/c1-7-5-9(11)3-4-14(7)6-10-8(2)12-15-13-10/h7,9H,3-6,11H2,1-2H3. The van der Waals surface area contributed by atoms with Crippen LogP contribution in [-0.2, 0) is 6.54 Å². The molecule has 0 amide bonds. The van der Waals surface area contributed by atoms with Gasteiger partial charge in [-0.15, -0.1) is 0 Å². The molecule has 2 atom stereocenters. The molecule has 0 aliphatic carbocycles. The minimum absolute atomic E-state index is 0.354. The summed E-state index contributed by atoms with van der Waals surface area (Å²) in [7, 11) is 0. The summed E-state index contributed by atoms with van der Waals surface area (Å²) in [5.74, 6) is 0. The molecule has 0 saturated carbocycles. The Bertz CT molecular complexity index is 325. The zero-order valence-electron chi connectivity index (χ0n) is 9.31. The molecule has 0 aromatic carbocycles. The molecule has 5 nitrogen and oxygen atoms in total. The van der Waals surface area contributed by atoms with Crippen molar-refractivity contribution in [2.75, 3.05) is 6.54 Å². The first-order chi connectivity index (χ1) is 7.16. The maximum Gasteiger partial charge on any atom is 0.122 e. The maximum atomic E-state index is 5.92. The summed E-state index contributed by atoms with van der Waals surface area (Å²) in [6.07, 6.45) is 2.12. The fourth-order valence-corrected chi connectivity index (χ4v) is 2.08. The van der Waals surface area contributed by atoms with Gasteiger partial charge < -0.3 is 5.73 Å². The predicted octanol–water partition coefficient (Wildman–Crippen LogP) is 0.690. The minimum Gasteiger partial charge on any atom is -0.328 e. The van der Waals surface area contributed by atoms with Crippen LogP contribution < -0.4 is 5.73 Å². The molecule has 2 heterocycles. The van der Waals surface area contributed by atoms with Crippen LogP contribution in [-0.4, -0.2) is 33.8 Å². The van der Waals surface area contributed by atoms with E-state index in [0.29, 0.717) is 12.1 Å². The van der Waals surface area contributed by atoms with E-state index >= 15 is 0 Å². The molecule has 2 N–H and O–H groups in total. The lowest BCUT2D eigenvalue weighted by molar-refractivity contribution is 0.136. The van der Waals surface area contributed by atoms with Gasteiger partial charge in [-0.3, -0.25) is 4.90 Å². The average Bonchev–Trinajstić information content (AvgIpc) is 2.57. The molecule has 5 heteroatoms. The first kappa shape index (κ1) is 10.6. The van der Waals surface area contributed by atoms with Gasteiger partial charge in [0.15, 0.2) is 0 Å². The molecule has 0 bridgehead atoms. The van der Waals surface area contributed by atoms with Crippen molar-refractivity contribution in [3.05, 3.63) is 11.4 Å². The molecule has 1 aromatic heterocycles. The molecule has 0 radical (unpaired) electrons. The maximum absolute atomic E-state index is 5.92. The number of aryl methyl sites for hydroxylation is 1. The lowest BCUT2D eigenvalue weighted by Crippen LogP contribution is -2.45. The van der Waals surface area contributed by atoms with Crippen LogP contribution in [0.1, 0.15) is 31.2 Å². The van der Waals surface area contributed by atoms with Crippen molar-refractivity contribution in [2.24, 2.45) is 5.73 Å². The highest BCUT2D eigenvalue weighted by molar-refractivity contribution is 5.04. The van der Waals surface area contributed by atoms with E-state index in [4.69, 9.17) is 10.4 Å². The topological polar surface area (TPSA) is 68.2 Å². The van der Waals surface area contributed by atoms with Crippen LogP contribution in [0.15, 0.2) is 4.63 Å². The SMILES string of the molecule is Cc1nonc1CN1CCC(N)CC1C. The Kier molecular flexibility index (Phi) is 3.02. The van der Waals surface area contributed by atoms with Crippen molar-refractivity contribution >= 4 is 0 Å². The third-order valence-electron chi connectivity index (χ3n) is 3.15. The smallest absolute Gasteiger partial charge is 0.122 e. The van der Waals surface area contributed by atoms with E-state index in [-0.39, 0.29) is 0 Å². The second kappa shape index (κ2) is 4.28. The molecule has 15 heavy (non-hydrogen) atoms. The number of nitrogens with two attached hydrogens (primary N) is 1. The third kappa shape index (κ3) is 2.35. The van der Waals surface area contributed by atoms with Gasteiger partial charge in [-0.05, 0) is 26.7 Å². The van der Waals surface area contributed by atoms with Gasteiger partial charge >= 0.3 is 0 Å². The first-order valence-corrected chi connectivity index (χ1v) is 5.44. The van der Waals surface area contributed by atoms with E-state index in [9.17, 15) is 0 Å². The first-order valence-electron chi connectivity index (χ1n) is 5.44. The van der Waals surface area contributed by atoms with Crippen LogP contribution in [0.5, 0.6) is 0 Å². The fraction of sp³-hybridized carbons (Fsp3) is 0.800. The molecule has 0 spiro atoms. The number of aromatic nitrogens is 2. The van der Waals surface area contributed by atoms with Crippen LogP contribution >= 0.6 is 0 Å². The van der Waals surface area contributed by atoms with Gasteiger partial charge in [0.05, 0.1) is 0 Å². The summed E-state index contributed by atoms with van der Waals surface area (Å²) in [5.41, 5.74) is 7.75. The minimum atomic E-state index is 0.354. The molecule has 84 valence electrons. The van der Waals surface area contributed by atoms with Gasteiger partial charge in [-0.2, -0.15) is 0 Å². The molecule has 2 rings (SSSR count). The molecule has 1 saturated heterocycles. The lowest BCUT2D eigenvalue weighted by atomic mass is 9.99. The average molecular weight is 210 g/mol. The van der Waals surface area contributed by atoms with Crippen LogP contribution in [0.4, 0.5) is 0 Å². The highest BCUT2D eigenvalue weighted by atomic mass is 16.6. The van der Waals surface area contributed by atoms with Gasteiger partial charge in [-0.25, -0.2) is 4.63 Å². The molecule has 1 aliphatic heterocycles. The molecular formula is C10H18N4O. The third-order valence-corrected chi connectivity index (χ3v) is 3.15. The van der Waals surface area contributed by atoms with E-state index in [2.05, 4.69) is 22.1 Å². The number of hydrogen-bond acceptors (Lipinski definition) is 5. The van der Waals surface area contributed by atoms with Crippen molar-refractivity contribution in [1.29, 1.82) is 0 Å². The number of nitrogens with zero attached hydrogens (tertiary/aromatic N) is 3. The second-order valence-electron chi connectivity index (χ2n) is 4.40. The quantitative estimate of drug-likeness (QED) is 0.777. The summed E-state index contributed by atoms with van der Waals surface area (Å²) < 4.78 is 4.69. The Morgan fingerprint density at radius 1 is 1.53 bits per heavy atom. The summed E-state index contributed by atoms with van der Waals surface area (Å²) in [6.45, 7) is 5.99. The Hall–Kier alpha value is -0.940. The normalized spacial score (nSPS) is 28.2. The molecular weight excluding hydrogens is 192 g/mol. The Morgan fingerprint density at radius 2 is 2.33 bits per heavy atom. The van der Waals surface area contributed by atoms with Crippen LogP contribution in [0, 0.1) is 6.92 Å².